The summed E-state index contributed by atoms with van der Waals surface area (Å²) < 4.78 is 8.13. The minimum Gasteiger partial charge on any atom is -0.481 e. The molecule has 1 fully saturated rings. The van der Waals surface area contributed by atoms with E-state index in [4.69, 9.17) is 9.72 Å². The van der Waals surface area contributed by atoms with Gasteiger partial charge in [0, 0.05) is 25.1 Å². The fraction of sp³-hybridized carbons (Fsp3) is 0.750. The Morgan fingerprint density at radius 3 is 2.62 bits per heavy atom. The van der Waals surface area contributed by atoms with Gasteiger partial charge in [-0.1, -0.05) is 6.92 Å². The van der Waals surface area contributed by atoms with Crippen molar-refractivity contribution in [1.29, 1.82) is 0 Å². The molecule has 1 aliphatic carbocycles. The van der Waals surface area contributed by atoms with E-state index in [9.17, 15) is 9.90 Å². The van der Waals surface area contributed by atoms with E-state index in [-0.39, 0.29) is 18.1 Å². The number of imidazole rings is 1. The highest BCUT2D eigenvalue weighted by Crippen LogP contribution is 2.40. The monoisotopic (exact) mass is 292 g/mol. The quantitative estimate of drug-likeness (QED) is 0.907. The standard InChI is InChI=1S/C16H24N2O3/c1-8-9(2)21-10(3)14(8)15-17-12-7-11(16(19)20)5-6-13(12)18(15)4/h8-11,14H,5-7H2,1-4H3,(H,19,20). The summed E-state index contributed by atoms with van der Waals surface area (Å²) in [5.74, 6) is 0.799. The lowest BCUT2D eigenvalue weighted by molar-refractivity contribution is -0.142. The number of aliphatic carboxylic acids is 1. The van der Waals surface area contributed by atoms with Crippen LogP contribution in [0.5, 0.6) is 0 Å². The molecule has 21 heavy (non-hydrogen) atoms. The van der Waals surface area contributed by atoms with Gasteiger partial charge in [0.05, 0.1) is 23.8 Å². The summed E-state index contributed by atoms with van der Waals surface area (Å²) in [4.78, 5) is 16.0. The number of hydrogen-bond acceptors (Lipinski definition) is 3. The number of ether oxygens (including phenoxy) is 1. The Morgan fingerprint density at radius 1 is 1.33 bits per heavy atom. The smallest absolute Gasteiger partial charge is 0.306 e. The van der Waals surface area contributed by atoms with Crippen LogP contribution in [-0.4, -0.2) is 32.8 Å². The van der Waals surface area contributed by atoms with Crippen LogP contribution >= 0.6 is 0 Å². The van der Waals surface area contributed by atoms with Crippen LogP contribution in [0.25, 0.3) is 0 Å². The second kappa shape index (κ2) is 5.13. The summed E-state index contributed by atoms with van der Waals surface area (Å²) in [6.07, 6.45) is 2.48. The van der Waals surface area contributed by atoms with Gasteiger partial charge in [-0.15, -0.1) is 0 Å². The van der Waals surface area contributed by atoms with Crippen molar-refractivity contribution in [1.82, 2.24) is 9.55 Å². The summed E-state index contributed by atoms with van der Waals surface area (Å²) in [7, 11) is 2.06. The number of carbonyl (C=O) groups is 1. The highest BCUT2D eigenvalue weighted by Gasteiger charge is 2.41. The first kappa shape index (κ1) is 14.6. The fourth-order valence-corrected chi connectivity index (χ4v) is 3.95. The maximum Gasteiger partial charge on any atom is 0.306 e. The normalized spacial score (nSPS) is 35.7. The molecule has 5 atom stereocenters. The Balaban J connectivity index is 1.94. The van der Waals surface area contributed by atoms with E-state index >= 15 is 0 Å². The molecule has 5 unspecified atom stereocenters. The molecular weight excluding hydrogens is 268 g/mol. The third kappa shape index (κ3) is 2.27. The average molecular weight is 292 g/mol. The molecule has 2 aliphatic rings. The molecule has 1 aromatic heterocycles. The van der Waals surface area contributed by atoms with E-state index < -0.39 is 5.97 Å². The van der Waals surface area contributed by atoms with Crippen LogP contribution in [0.3, 0.4) is 0 Å². The number of fused-ring (bicyclic) bond motifs is 1. The maximum absolute atomic E-state index is 11.2. The van der Waals surface area contributed by atoms with Crippen LogP contribution in [0, 0.1) is 11.8 Å². The third-order valence-electron chi connectivity index (χ3n) is 5.39. The molecular formula is C16H24N2O3. The van der Waals surface area contributed by atoms with E-state index in [1.807, 2.05) is 0 Å². The summed E-state index contributed by atoms with van der Waals surface area (Å²) in [5, 5.41) is 9.22. The highest BCUT2D eigenvalue weighted by molar-refractivity contribution is 5.70. The fourth-order valence-electron chi connectivity index (χ4n) is 3.95. The SMILES string of the molecule is CC1OC(C)C(c2nc3c(n2C)CCC(C(=O)O)C3)C1C. The molecule has 1 aromatic rings. The number of carboxylic acid groups (broad SMARTS) is 1. The lowest BCUT2D eigenvalue weighted by Crippen LogP contribution is -2.23. The molecule has 1 N–H and O–H groups in total. The van der Waals surface area contributed by atoms with Gasteiger partial charge in [0.15, 0.2) is 0 Å². The van der Waals surface area contributed by atoms with Crippen molar-refractivity contribution in [2.24, 2.45) is 18.9 Å². The average Bonchev–Trinajstić information content (AvgIpc) is 2.87. The number of aromatic nitrogens is 2. The van der Waals surface area contributed by atoms with Gasteiger partial charge in [-0.3, -0.25) is 4.79 Å². The van der Waals surface area contributed by atoms with Crippen LogP contribution in [0.2, 0.25) is 0 Å². The van der Waals surface area contributed by atoms with Crippen LogP contribution in [0.1, 0.15) is 50.3 Å². The van der Waals surface area contributed by atoms with E-state index in [1.165, 1.54) is 5.69 Å². The number of hydrogen-bond donors (Lipinski definition) is 1. The zero-order chi connectivity index (χ0) is 15.3. The van der Waals surface area contributed by atoms with Crippen molar-refractivity contribution in [2.45, 2.75) is 58.2 Å². The van der Waals surface area contributed by atoms with Gasteiger partial charge in [0.2, 0.25) is 0 Å². The molecule has 0 bridgehead atoms. The highest BCUT2D eigenvalue weighted by atomic mass is 16.5. The lowest BCUT2D eigenvalue weighted by atomic mass is 9.89. The molecule has 0 aromatic carbocycles. The van der Waals surface area contributed by atoms with Gasteiger partial charge in [0.1, 0.15) is 5.82 Å². The maximum atomic E-state index is 11.2. The van der Waals surface area contributed by atoms with Gasteiger partial charge in [-0.05, 0) is 32.6 Å². The number of nitrogens with zero attached hydrogens (tertiary/aromatic N) is 2. The molecule has 1 saturated heterocycles. The summed E-state index contributed by atoms with van der Waals surface area (Å²) in [6.45, 7) is 6.44. The Bertz CT molecular complexity index is 566. The van der Waals surface area contributed by atoms with Crippen molar-refractivity contribution in [3.05, 3.63) is 17.2 Å². The number of carboxylic acids is 1. The van der Waals surface area contributed by atoms with Gasteiger partial charge in [-0.2, -0.15) is 0 Å². The lowest BCUT2D eigenvalue weighted by Gasteiger charge is -2.20. The van der Waals surface area contributed by atoms with E-state index in [0.717, 1.165) is 17.9 Å². The van der Waals surface area contributed by atoms with Crippen LogP contribution in [0.4, 0.5) is 0 Å². The molecule has 0 amide bonds. The Labute approximate surface area is 125 Å². The van der Waals surface area contributed by atoms with Gasteiger partial charge < -0.3 is 14.4 Å². The van der Waals surface area contributed by atoms with Crippen molar-refractivity contribution in [3.63, 3.8) is 0 Å². The molecule has 116 valence electrons. The largest absolute Gasteiger partial charge is 0.481 e. The van der Waals surface area contributed by atoms with Crippen LogP contribution < -0.4 is 0 Å². The molecule has 5 nitrogen and oxygen atoms in total. The van der Waals surface area contributed by atoms with E-state index in [1.54, 1.807) is 0 Å². The Hall–Kier alpha value is -1.36. The molecule has 0 spiro atoms. The summed E-state index contributed by atoms with van der Waals surface area (Å²) >= 11 is 0. The third-order valence-corrected chi connectivity index (χ3v) is 5.39. The first-order valence-electron chi connectivity index (χ1n) is 7.82. The Morgan fingerprint density at radius 2 is 2.05 bits per heavy atom. The summed E-state index contributed by atoms with van der Waals surface area (Å²) in [5.41, 5.74) is 2.19. The molecule has 1 aliphatic heterocycles. The molecule has 0 saturated carbocycles. The minimum absolute atomic E-state index is 0.160. The first-order valence-corrected chi connectivity index (χ1v) is 7.82. The number of rotatable bonds is 2. The van der Waals surface area contributed by atoms with Crippen LogP contribution in [0.15, 0.2) is 0 Å². The topological polar surface area (TPSA) is 64.4 Å². The minimum atomic E-state index is -0.701. The van der Waals surface area contributed by atoms with Gasteiger partial charge >= 0.3 is 5.97 Å². The molecule has 0 radical (unpaired) electrons. The molecule has 3 rings (SSSR count). The van der Waals surface area contributed by atoms with Gasteiger partial charge in [-0.25, -0.2) is 4.98 Å². The predicted octanol–water partition coefficient (Wildman–Crippen LogP) is 2.14. The van der Waals surface area contributed by atoms with E-state index in [2.05, 4.69) is 32.4 Å². The van der Waals surface area contributed by atoms with Gasteiger partial charge in [0.25, 0.3) is 0 Å². The Kier molecular flexibility index (Phi) is 3.56. The first-order chi connectivity index (χ1) is 9.90. The predicted molar refractivity (Wildman–Crippen MR) is 78.3 cm³/mol. The van der Waals surface area contributed by atoms with Crippen molar-refractivity contribution in [2.75, 3.05) is 0 Å². The zero-order valence-electron chi connectivity index (χ0n) is 13.2. The van der Waals surface area contributed by atoms with Crippen molar-refractivity contribution >= 4 is 5.97 Å². The second-order valence-electron chi connectivity index (χ2n) is 6.63. The molecule has 2 heterocycles. The van der Waals surface area contributed by atoms with Crippen molar-refractivity contribution in [3.8, 4) is 0 Å². The molecule has 5 heteroatoms. The van der Waals surface area contributed by atoms with Crippen molar-refractivity contribution < 1.29 is 14.6 Å². The second-order valence-corrected chi connectivity index (χ2v) is 6.63. The summed E-state index contributed by atoms with van der Waals surface area (Å²) in [6, 6.07) is 0. The zero-order valence-corrected chi connectivity index (χ0v) is 13.2. The van der Waals surface area contributed by atoms with E-state index in [0.29, 0.717) is 24.7 Å². The van der Waals surface area contributed by atoms with Crippen LogP contribution in [-0.2, 0) is 29.4 Å².